The SMILES string of the molecule is CCOc1ccc(C(C)NC(C)C(C)CC)cc1. The Morgan fingerprint density at radius 3 is 2.17 bits per heavy atom. The van der Waals surface area contributed by atoms with E-state index in [1.165, 1.54) is 12.0 Å². The molecular weight excluding hydrogens is 222 g/mol. The summed E-state index contributed by atoms with van der Waals surface area (Å²) in [4.78, 5) is 0. The Kier molecular flexibility index (Phi) is 6.20. The summed E-state index contributed by atoms with van der Waals surface area (Å²) in [5.41, 5.74) is 1.31. The maximum absolute atomic E-state index is 5.46. The lowest BCUT2D eigenvalue weighted by molar-refractivity contribution is 0.339. The molecule has 0 aliphatic rings. The molecule has 2 nitrogen and oxygen atoms in total. The summed E-state index contributed by atoms with van der Waals surface area (Å²) in [6, 6.07) is 9.30. The van der Waals surface area contributed by atoms with Crippen LogP contribution < -0.4 is 10.1 Å². The molecule has 0 aliphatic carbocycles. The Labute approximate surface area is 112 Å². The van der Waals surface area contributed by atoms with Gasteiger partial charge in [-0.1, -0.05) is 32.4 Å². The molecule has 1 aromatic rings. The predicted octanol–water partition coefficient (Wildman–Crippen LogP) is 4.17. The van der Waals surface area contributed by atoms with Gasteiger partial charge < -0.3 is 10.1 Å². The summed E-state index contributed by atoms with van der Waals surface area (Å²) in [6.07, 6.45) is 1.21. The van der Waals surface area contributed by atoms with Crippen molar-refractivity contribution in [2.45, 2.75) is 53.1 Å². The second kappa shape index (κ2) is 7.42. The normalized spacial score (nSPS) is 16.1. The molecule has 0 aromatic heterocycles. The van der Waals surface area contributed by atoms with Gasteiger partial charge in [0.15, 0.2) is 0 Å². The molecule has 2 heteroatoms. The first-order chi connectivity index (χ1) is 8.58. The summed E-state index contributed by atoms with van der Waals surface area (Å²) in [6.45, 7) is 11.7. The standard InChI is InChI=1S/C16H27NO/c1-6-12(3)13(4)17-14(5)15-8-10-16(11-9-15)18-7-2/h8-14,17H,6-7H2,1-5H3. The quantitative estimate of drug-likeness (QED) is 0.783. The zero-order valence-electron chi connectivity index (χ0n) is 12.4. The monoisotopic (exact) mass is 249 g/mol. The minimum Gasteiger partial charge on any atom is -0.494 e. The van der Waals surface area contributed by atoms with E-state index in [2.05, 4.69) is 45.1 Å². The third kappa shape index (κ3) is 4.34. The van der Waals surface area contributed by atoms with Gasteiger partial charge in [0.1, 0.15) is 5.75 Å². The number of rotatable bonds is 7. The topological polar surface area (TPSA) is 21.3 Å². The third-order valence-electron chi connectivity index (χ3n) is 3.70. The van der Waals surface area contributed by atoms with E-state index in [1.54, 1.807) is 0 Å². The molecule has 18 heavy (non-hydrogen) atoms. The van der Waals surface area contributed by atoms with Gasteiger partial charge in [-0.25, -0.2) is 0 Å². The van der Waals surface area contributed by atoms with E-state index in [4.69, 9.17) is 4.74 Å². The van der Waals surface area contributed by atoms with Crippen molar-refractivity contribution in [3.05, 3.63) is 29.8 Å². The first-order valence-corrected chi connectivity index (χ1v) is 7.07. The first-order valence-electron chi connectivity index (χ1n) is 7.07. The van der Waals surface area contributed by atoms with Crippen LogP contribution >= 0.6 is 0 Å². The van der Waals surface area contributed by atoms with E-state index < -0.39 is 0 Å². The molecule has 0 spiro atoms. The van der Waals surface area contributed by atoms with Crippen LogP contribution in [0.25, 0.3) is 0 Å². The number of nitrogens with one attached hydrogen (secondary N) is 1. The molecule has 0 saturated heterocycles. The zero-order chi connectivity index (χ0) is 13.5. The molecule has 0 aliphatic heterocycles. The molecule has 0 bridgehead atoms. The van der Waals surface area contributed by atoms with Gasteiger partial charge in [-0.3, -0.25) is 0 Å². The smallest absolute Gasteiger partial charge is 0.119 e. The molecule has 1 rings (SSSR count). The Hall–Kier alpha value is -1.02. The third-order valence-corrected chi connectivity index (χ3v) is 3.70. The van der Waals surface area contributed by atoms with Crippen LogP contribution in [0.1, 0.15) is 52.6 Å². The van der Waals surface area contributed by atoms with Gasteiger partial charge in [0.2, 0.25) is 0 Å². The van der Waals surface area contributed by atoms with Crippen LogP contribution in [0.15, 0.2) is 24.3 Å². The van der Waals surface area contributed by atoms with Crippen molar-refractivity contribution in [1.82, 2.24) is 5.32 Å². The molecule has 0 fully saturated rings. The average molecular weight is 249 g/mol. The lowest BCUT2D eigenvalue weighted by atomic mass is 9.99. The van der Waals surface area contributed by atoms with E-state index in [0.717, 1.165) is 12.4 Å². The molecule has 0 radical (unpaired) electrons. The highest BCUT2D eigenvalue weighted by Gasteiger charge is 2.13. The van der Waals surface area contributed by atoms with Crippen molar-refractivity contribution in [3.8, 4) is 5.75 Å². The van der Waals surface area contributed by atoms with E-state index >= 15 is 0 Å². The van der Waals surface area contributed by atoms with Gasteiger partial charge >= 0.3 is 0 Å². The summed E-state index contributed by atoms with van der Waals surface area (Å²) >= 11 is 0. The number of hydrogen-bond donors (Lipinski definition) is 1. The lowest BCUT2D eigenvalue weighted by Gasteiger charge is -2.25. The summed E-state index contributed by atoms with van der Waals surface area (Å²) < 4.78 is 5.46. The number of hydrogen-bond acceptors (Lipinski definition) is 2. The van der Waals surface area contributed by atoms with Crippen molar-refractivity contribution in [2.75, 3.05) is 6.61 Å². The van der Waals surface area contributed by atoms with Crippen LogP contribution in [0.2, 0.25) is 0 Å². The maximum Gasteiger partial charge on any atom is 0.119 e. The van der Waals surface area contributed by atoms with E-state index in [-0.39, 0.29) is 0 Å². The second-order valence-corrected chi connectivity index (χ2v) is 5.06. The van der Waals surface area contributed by atoms with Crippen LogP contribution in [-0.2, 0) is 0 Å². The molecule has 102 valence electrons. The molecular formula is C16H27NO. The molecule has 0 heterocycles. The summed E-state index contributed by atoms with van der Waals surface area (Å²) in [5, 5.41) is 3.66. The Morgan fingerprint density at radius 2 is 1.67 bits per heavy atom. The van der Waals surface area contributed by atoms with Gasteiger partial charge in [-0.2, -0.15) is 0 Å². The van der Waals surface area contributed by atoms with Crippen molar-refractivity contribution >= 4 is 0 Å². The minimum absolute atomic E-state index is 0.379. The number of ether oxygens (including phenoxy) is 1. The highest BCUT2D eigenvalue weighted by Crippen LogP contribution is 2.19. The molecule has 1 aromatic carbocycles. The van der Waals surface area contributed by atoms with Crippen molar-refractivity contribution in [3.63, 3.8) is 0 Å². The Balaban J connectivity index is 2.58. The second-order valence-electron chi connectivity index (χ2n) is 5.06. The van der Waals surface area contributed by atoms with Crippen LogP contribution in [-0.4, -0.2) is 12.6 Å². The van der Waals surface area contributed by atoms with E-state index in [0.29, 0.717) is 18.0 Å². The molecule has 3 unspecified atom stereocenters. The van der Waals surface area contributed by atoms with Gasteiger partial charge in [0.25, 0.3) is 0 Å². The molecule has 0 amide bonds. The van der Waals surface area contributed by atoms with Crippen LogP contribution in [0.4, 0.5) is 0 Å². The number of benzene rings is 1. The van der Waals surface area contributed by atoms with Crippen LogP contribution in [0, 0.1) is 5.92 Å². The van der Waals surface area contributed by atoms with Gasteiger partial charge in [0.05, 0.1) is 6.61 Å². The van der Waals surface area contributed by atoms with Crippen molar-refractivity contribution < 1.29 is 4.74 Å². The fraction of sp³-hybridized carbons (Fsp3) is 0.625. The van der Waals surface area contributed by atoms with Gasteiger partial charge in [-0.15, -0.1) is 0 Å². The highest BCUT2D eigenvalue weighted by molar-refractivity contribution is 5.28. The van der Waals surface area contributed by atoms with Crippen LogP contribution in [0.5, 0.6) is 5.75 Å². The average Bonchev–Trinajstić information content (AvgIpc) is 2.38. The Morgan fingerprint density at radius 1 is 1.06 bits per heavy atom. The Bertz CT molecular complexity index is 333. The van der Waals surface area contributed by atoms with E-state index in [1.807, 2.05) is 19.1 Å². The largest absolute Gasteiger partial charge is 0.494 e. The lowest BCUT2D eigenvalue weighted by Crippen LogP contribution is -2.33. The summed E-state index contributed by atoms with van der Waals surface area (Å²) in [5.74, 6) is 1.65. The van der Waals surface area contributed by atoms with Crippen LogP contribution in [0.3, 0.4) is 0 Å². The van der Waals surface area contributed by atoms with E-state index in [9.17, 15) is 0 Å². The fourth-order valence-corrected chi connectivity index (χ4v) is 2.03. The highest BCUT2D eigenvalue weighted by atomic mass is 16.5. The zero-order valence-corrected chi connectivity index (χ0v) is 12.4. The minimum atomic E-state index is 0.379. The fourth-order valence-electron chi connectivity index (χ4n) is 2.03. The maximum atomic E-state index is 5.46. The first kappa shape index (κ1) is 15.0. The van der Waals surface area contributed by atoms with Crippen molar-refractivity contribution in [2.24, 2.45) is 5.92 Å². The summed E-state index contributed by atoms with van der Waals surface area (Å²) in [7, 11) is 0. The van der Waals surface area contributed by atoms with Gasteiger partial charge in [-0.05, 0) is 44.4 Å². The molecule has 0 saturated carbocycles. The van der Waals surface area contributed by atoms with Gasteiger partial charge in [0, 0.05) is 12.1 Å². The van der Waals surface area contributed by atoms with Crippen molar-refractivity contribution in [1.29, 1.82) is 0 Å². The molecule has 1 N–H and O–H groups in total. The predicted molar refractivity (Wildman–Crippen MR) is 78.1 cm³/mol. The molecule has 3 atom stereocenters.